The molecule has 2 atom stereocenters. The Hall–Kier alpha value is 0.430. The minimum absolute atomic E-state index is 0. The van der Waals surface area contributed by atoms with E-state index in [1.165, 1.54) is 0 Å². The van der Waals surface area contributed by atoms with Crippen molar-refractivity contribution in [3.8, 4) is 0 Å². The van der Waals surface area contributed by atoms with Crippen LogP contribution in [0.3, 0.4) is 0 Å². The van der Waals surface area contributed by atoms with E-state index in [0.717, 1.165) is 6.42 Å². The van der Waals surface area contributed by atoms with Gasteiger partial charge < -0.3 is 15.6 Å². The summed E-state index contributed by atoms with van der Waals surface area (Å²) in [6.07, 6.45) is 0.773. The van der Waals surface area contributed by atoms with Crippen molar-refractivity contribution < 1.29 is 39.5 Å². The SMILES string of the molecule is CC[C@@H](C)[C@@H](N)C(=O)[O-].[Na+]. The van der Waals surface area contributed by atoms with Crippen LogP contribution >= 0.6 is 0 Å². The summed E-state index contributed by atoms with van der Waals surface area (Å²) in [4.78, 5) is 10.1. The molecule has 10 heavy (non-hydrogen) atoms. The van der Waals surface area contributed by atoms with Crippen LogP contribution in [-0.4, -0.2) is 12.0 Å². The summed E-state index contributed by atoms with van der Waals surface area (Å²) in [5, 5.41) is 10.1. The van der Waals surface area contributed by atoms with Gasteiger partial charge in [-0.05, 0) is 5.92 Å². The predicted octanol–water partition coefficient (Wildman–Crippen LogP) is -3.89. The maximum absolute atomic E-state index is 10.1. The zero-order valence-corrected chi connectivity index (χ0v) is 8.76. The van der Waals surface area contributed by atoms with Gasteiger partial charge in [0.2, 0.25) is 0 Å². The molecule has 3 nitrogen and oxygen atoms in total. The van der Waals surface area contributed by atoms with Gasteiger partial charge in [-0.3, -0.25) is 0 Å². The number of hydrogen-bond donors (Lipinski definition) is 1. The van der Waals surface area contributed by atoms with Gasteiger partial charge in [-0.15, -0.1) is 0 Å². The van der Waals surface area contributed by atoms with Gasteiger partial charge in [0.25, 0.3) is 0 Å². The van der Waals surface area contributed by atoms with E-state index >= 15 is 0 Å². The fourth-order valence-electron chi connectivity index (χ4n) is 0.486. The summed E-state index contributed by atoms with van der Waals surface area (Å²) in [6, 6.07) is -0.810. The molecule has 0 spiro atoms. The van der Waals surface area contributed by atoms with Crippen molar-refractivity contribution in [2.24, 2.45) is 11.7 Å². The van der Waals surface area contributed by atoms with Gasteiger partial charge in [0.15, 0.2) is 0 Å². The molecule has 0 unspecified atom stereocenters. The van der Waals surface area contributed by atoms with Crippen molar-refractivity contribution in [2.45, 2.75) is 26.3 Å². The Balaban J connectivity index is 0. The van der Waals surface area contributed by atoms with Gasteiger partial charge >= 0.3 is 29.6 Å². The maximum Gasteiger partial charge on any atom is 1.00 e. The van der Waals surface area contributed by atoms with Crippen molar-refractivity contribution in [3.63, 3.8) is 0 Å². The Kier molecular flexibility index (Phi) is 8.04. The van der Waals surface area contributed by atoms with Crippen LogP contribution in [0.15, 0.2) is 0 Å². The van der Waals surface area contributed by atoms with Gasteiger partial charge in [-0.1, -0.05) is 20.3 Å². The van der Waals surface area contributed by atoms with E-state index in [2.05, 4.69) is 0 Å². The number of rotatable bonds is 3. The van der Waals surface area contributed by atoms with Gasteiger partial charge in [0.05, 0.1) is 5.97 Å². The topological polar surface area (TPSA) is 66.2 Å². The number of carboxylic acid groups (broad SMARTS) is 1. The quantitative estimate of drug-likeness (QED) is 0.422. The van der Waals surface area contributed by atoms with Crippen LogP contribution in [0.4, 0.5) is 0 Å². The Morgan fingerprint density at radius 3 is 2.20 bits per heavy atom. The second-order valence-corrected chi connectivity index (χ2v) is 2.23. The number of nitrogens with two attached hydrogens (primary N) is 1. The van der Waals surface area contributed by atoms with Crippen molar-refractivity contribution in [1.29, 1.82) is 0 Å². The van der Waals surface area contributed by atoms with Crippen LogP contribution in [0.5, 0.6) is 0 Å². The molecule has 0 rings (SSSR count). The Labute approximate surface area is 83.3 Å². The first-order valence-corrected chi connectivity index (χ1v) is 3.06. The number of aliphatic carboxylic acids is 1. The van der Waals surface area contributed by atoms with E-state index in [1.807, 2.05) is 6.92 Å². The van der Waals surface area contributed by atoms with Gasteiger partial charge in [0.1, 0.15) is 0 Å². The molecule has 0 aliphatic rings. The predicted molar refractivity (Wildman–Crippen MR) is 32.4 cm³/mol. The summed E-state index contributed by atoms with van der Waals surface area (Å²) in [5.74, 6) is -1.15. The molecule has 0 bridgehead atoms. The molecule has 0 aliphatic heterocycles. The van der Waals surface area contributed by atoms with E-state index in [-0.39, 0.29) is 35.5 Å². The van der Waals surface area contributed by atoms with Crippen LogP contribution in [0.25, 0.3) is 0 Å². The summed E-state index contributed by atoms with van der Waals surface area (Å²) in [7, 11) is 0. The van der Waals surface area contributed by atoms with Crippen molar-refractivity contribution in [1.82, 2.24) is 0 Å². The van der Waals surface area contributed by atoms with Gasteiger partial charge in [0, 0.05) is 6.04 Å². The van der Waals surface area contributed by atoms with Crippen LogP contribution in [0.2, 0.25) is 0 Å². The van der Waals surface area contributed by atoms with E-state index in [9.17, 15) is 9.90 Å². The fourth-order valence-corrected chi connectivity index (χ4v) is 0.486. The summed E-state index contributed by atoms with van der Waals surface area (Å²) < 4.78 is 0. The fraction of sp³-hybridized carbons (Fsp3) is 0.833. The normalized spacial score (nSPS) is 15.1. The zero-order chi connectivity index (χ0) is 7.44. The molecule has 0 aliphatic carbocycles. The summed E-state index contributed by atoms with van der Waals surface area (Å²) >= 11 is 0. The first-order valence-electron chi connectivity index (χ1n) is 3.06. The molecule has 0 saturated carbocycles. The molecule has 0 saturated heterocycles. The van der Waals surface area contributed by atoms with Crippen molar-refractivity contribution in [3.05, 3.63) is 0 Å². The van der Waals surface area contributed by atoms with E-state index < -0.39 is 12.0 Å². The maximum atomic E-state index is 10.1. The first kappa shape index (κ1) is 13.1. The molecule has 0 aromatic heterocycles. The summed E-state index contributed by atoms with van der Waals surface area (Å²) in [5.41, 5.74) is 5.21. The molecule has 0 fully saturated rings. The Bertz CT molecular complexity index is 108. The number of hydrogen-bond acceptors (Lipinski definition) is 3. The molecule has 2 N–H and O–H groups in total. The second-order valence-electron chi connectivity index (χ2n) is 2.23. The third kappa shape index (κ3) is 4.28. The third-order valence-electron chi connectivity index (χ3n) is 1.53. The van der Waals surface area contributed by atoms with E-state index in [1.54, 1.807) is 6.92 Å². The Morgan fingerprint density at radius 2 is 2.10 bits per heavy atom. The Morgan fingerprint density at radius 1 is 1.70 bits per heavy atom. The van der Waals surface area contributed by atoms with Crippen molar-refractivity contribution >= 4 is 5.97 Å². The van der Waals surface area contributed by atoms with Crippen LogP contribution < -0.4 is 40.4 Å². The van der Waals surface area contributed by atoms with Crippen LogP contribution in [0, 0.1) is 5.92 Å². The molecule has 0 heterocycles. The molecule has 0 amide bonds. The van der Waals surface area contributed by atoms with E-state index in [4.69, 9.17) is 5.73 Å². The first-order chi connectivity index (χ1) is 4.09. The minimum Gasteiger partial charge on any atom is -0.548 e. The largest absolute Gasteiger partial charge is 1.00 e. The number of carbonyl (C=O) groups is 1. The van der Waals surface area contributed by atoms with E-state index in [0.29, 0.717) is 0 Å². The number of carbonyl (C=O) groups excluding carboxylic acids is 1. The monoisotopic (exact) mass is 153 g/mol. The molecule has 0 radical (unpaired) electrons. The zero-order valence-electron chi connectivity index (χ0n) is 6.76. The number of carboxylic acids is 1. The molecular weight excluding hydrogens is 141 g/mol. The average Bonchev–Trinajstić information content (AvgIpc) is 1.84. The van der Waals surface area contributed by atoms with Crippen molar-refractivity contribution in [2.75, 3.05) is 0 Å². The smallest absolute Gasteiger partial charge is 0.548 e. The molecule has 0 aromatic carbocycles. The molecule has 0 aromatic rings. The second kappa shape index (κ2) is 6.16. The molecular formula is C6H12NNaO2. The van der Waals surface area contributed by atoms with Crippen LogP contribution in [0.1, 0.15) is 20.3 Å². The standard InChI is InChI=1S/C6H13NO2.Na/c1-3-4(2)5(7)6(8)9;/h4-5H,3,7H2,1-2H3,(H,8,9);/q;+1/p-1/t4-,5-;/m1./s1. The minimum atomic E-state index is -1.16. The molecule has 54 valence electrons. The van der Waals surface area contributed by atoms with Crippen LogP contribution in [-0.2, 0) is 4.79 Å². The van der Waals surface area contributed by atoms with Gasteiger partial charge in [-0.25, -0.2) is 0 Å². The summed E-state index contributed by atoms with van der Waals surface area (Å²) in [6.45, 7) is 3.69. The molecule has 4 heteroatoms. The van der Waals surface area contributed by atoms with Gasteiger partial charge in [-0.2, -0.15) is 0 Å². The average molecular weight is 153 g/mol. The third-order valence-corrected chi connectivity index (χ3v) is 1.53.